The lowest BCUT2D eigenvalue weighted by molar-refractivity contribution is 0.488. The van der Waals surface area contributed by atoms with Gasteiger partial charge in [0.15, 0.2) is 0 Å². The van der Waals surface area contributed by atoms with E-state index in [-0.39, 0.29) is 11.5 Å². The second kappa shape index (κ2) is 5.79. The number of rotatable bonds is 5. The average Bonchev–Trinajstić information content (AvgIpc) is 2.99. The summed E-state index contributed by atoms with van der Waals surface area (Å²) in [5, 5.41) is 8.17. The number of hydrogen-bond acceptors (Lipinski definition) is 3. The predicted octanol–water partition coefficient (Wildman–Crippen LogP) is 2.68. The van der Waals surface area contributed by atoms with E-state index >= 15 is 0 Å². The zero-order valence-electron chi connectivity index (χ0n) is 13.1. The number of H-pyrrole nitrogens is 1. The molecule has 0 radical (unpaired) electrons. The van der Waals surface area contributed by atoms with E-state index in [1.165, 1.54) is 5.56 Å². The van der Waals surface area contributed by atoms with Crippen molar-refractivity contribution in [3.05, 3.63) is 35.7 Å². The topological polar surface area (TPSA) is 58.5 Å². The molecule has 2 aromatic heterocycles. The Morgan fingerprint density at radius 2 is 2.15 bits per heavy atom. The molecule has 5 heteroatoms. The van der Waals surface area contributed by atoms with E-state index in [9.17, 15) is 0 Å². The van der Waals surface area contributed by atoms with Crippen LogP contribution in [-0.4, -0.2) is 19.7 Å². The van der Waals surface area contributed by atoms with E-state index < -0.39 is 0 Å². The Labute approximate surface area is 120 Å². The summed E-state index contributed by atoms with van der Waals surface area (Å²) in [4.78, 5) is 7.52. The molecule has 0 saturated carbocycles. The Bertz CT molecular complexity index is 533. The van der Waals surface area contributed by atoms with Gasteiger partial charge in [-0.25, -0.2) is 4.98 Å². The van der Waals surface area contributed by atoms with Crippen LogP contribution in [0.4, 0.5) is 0 Å². The summed E-state index contributed by atoms with van der Waals surface area (Å²) in [6, 6.07) is 0.248. The minimum atomic E-state index is 0.0602. The molecule has 2 N–H and O–H groups in total. The fraction of sp³-hybridized carbons (Fsp3) is 0.600. The van der Waals surface area contributed by atoms with Crippen molar-refractivity contribution >= 4 is 0 Å². The van der Waals surface area contributed by atoms with Crippen molar-refractivity contribution in [2.45, 2.75) is 52.1 Å². The third-order valence-electron chi connectivity index (χ3n) is 3.41. The van der Waals surface area contributed by atoms with Gasteiger partial charge < -0.3 is 10.3 Å². The second-order valence-corrected chi connectivity index (χ2v) is 6.24. The number of hydrogen-bond donors (Lipinski definition) is 2. The van der Waals surface area contributed by atoms with Gasteiger partial charge in [0.1, 0.15) is 5.82 Å². The van der Waals surface area contributed by atoms with E-state index in [0.717, 1.165) is 24.5 Å². The van der Waals surface area contributed by atoms with Crippen molar-refractivity contribution in [1.29, 1.82) is 0 Å². The van der Waals surface area contributed by atoms with Gasteiger partial charge in [-0.2, -0.15) is 5.10 Å². The maximum atomic E-state index is 4.60. The van der Waals surface area contributed by atoms with Crippen molar-refractivity contribution in [2.75, 3.05) is 0 Å². The smallest absolute Gasteiger partial charge is 0.123 e. The van der Waals surface area contributed by atoms with Crippen LogP contribution in [0.3, 0.4) is 0 Å². The number of aryl methyl sites for hydroxylation is 1. The van der Waals surface area contributed by atoms with Gasteiger partial charge in [0.2, 0.25) is 0 Å². The largest absolute Gasteiger partial charge is 0.347 e. The molecule has 20 heavy (non-hydrogen) atoms. The fourth-order valence-corrected chi connectivity index (χ4v) is 2.43. The van der Waals surface area contributed by atoms with Gasteiger partial charge in [-0.3, -0.25) is 4.68 Å². The molecule has 5 nitrogen and oxygen atoms in total. The van der Waals surface area contributed by atoms with E-state index in [0.29, 0.717) is 0 Å². The molecule has 1 atom stereocenters. The van der Waals surface area contributed by atoms with Gasteiger partial charge in [0, 0.05) is 43.2 Å². The Balaban J connectivity index is 2.11. The Morgan fingerprint density at radius 1 is 1.40 bits per heavy atom. The summed E-state index contributed by atoms with van der Waals surface area (Å²) in [6.07, 6.45) is 6.76. The van der Waals surface area contributed by atoms with Crippen molar-refractivity contribution in [3.63, 3.8) is 0 Å². The zero-order valence-corrected chi connectivity index (χ0v) is 13.1. The van der Waals surface area contributed by atoms with Crippen molar-refractivity contribution in [3.8, 4) is 0 Å². The first-order valence-corrected chi connectivity index (χ1v) is 7.17. The molecule has 110 valence electrons. The van der Waals surface area contributed by atoms with E-state index in [1.807, 2.05) is 17.9 Å². The summed E-state index contributed by atoms with van der Waals surface area (Å²) in [5.41, 5.74) is 2.47. The monoisotopic (exact) mass is 275 g/mol. The van der Waals surface area contributed by atoms with Gasteiger partial charge in [-0.1, -0.05) is 27.7 Å². The minimum Gasteiger partial charge on any atom is -0.347 e. The summed E-state index contributed by atoms with van der Waals surface area (Å²) < 4.78 is 1.89. The summed E-state index contributed by atoms with van der Waals surface area (Å²) in [6.45, 7) is 9.56. The Hall–Kier alpha value is -1.62. The van der Waals surface area contributed by atoms with Crippen LogP contribution < -0.4 is 5.32 Å². The number of imidazole rings is 1. The number of aromatic nitrogens is 4. The molecule has 0 saturated heterocycles. The second-order valence-electron chi connectivity index (χ2n) is 6.24. The highest BCUT2D eigenvalue weighted by Crippen LogP contribution is 2.24. The lowest BCUT2D eigenvalue weighted by atomic mass is 9.89. The molecule has 0 aromatic carbocycles. The van der Waals surface area contributed by atoms with Crippen molar-refractivity contribution in [2.24, 2.45) is 7.05 Å². The van der Waals surface area contributed by atoms with Crippen LogP contribution in [-0.2, 0) is 19.0 Å². The fourth-order valence-electron chi connectivity index (χ4n) is 2.43. The molecule has 1 unspecified atom stereocenters. The van der Waals surface area contributed by atoms with E-state index in [2.05, 4.69) is 54.3 Å². The average molecular weight is 275 g/mol. The third-order valence-corrected chi connectivity index (χ3v) is 3.41. The standard InChI is InChI=1S/C15H25N5/c1-6-12(14-16-7-8-17-14)18-9-11-10-20(5)19-13(11)15(2,3)4/h7-8,10,12,18H,6,9H2,1-5H3,(H,16,17). The van der Waals surface area contributed by atoms with Crippen LogP contribution in [0.2, 0.25) is 0 Å². The van der Waals surface area contributed by atoms with Crippen molar-refractivity contribution in [1.82, 2.24) is 25.1 Å². The molecule has 0 fully saturated rings. The normalized spacial score (nSPS) is 13.7. The molecule has 2 aromatic rings. The first kappa shape index (κ1) is 14.8. The lowest BCUT2D eigenvalue weighted by Crippen LogP contribution is -2.23. The van der Waals surface area contributed by atoms with Crippen LogP contribution in [0, 0.1) is 0 Å². The minimum absolute atomic E-state index is 0.0602. The van der Waals surface area contributed by atoms with Crippen LogP contribution in [0.5, 0.6) is 0 Å². The molecule has 2 heterocycles. The van der Waals surface area contributed by atoms with Gasteiger partial charge in [-0.05, 0) is 6.42 Å². The molecular weight excluding hydrogens is 250 g/mol. The molecule has 0 aliphatic rings. The molecule has 0 aliphatic carbocycles. The molecule has 0 amide bonds. The number of nitrogens with one attached hydrogen (secondary N) is 2. The van der Waals surface area contributed by atoms with Gasteiger partial charge in [0.25, 0.3) is 0 Å². The quantitative estimate of drug-likeness (QED) is 0.882. The maximum absolute atomic E-state index is 4.60. The summed E-state index contributed by atoms with van der Waals surface area (Å²) in [5.74, 6) is 0.994. The van der Waals surface area contributed by atoms with E-state index in [4.69, 9.17) is 0 Å². The van der Waals surface area contributed by atoms with Crippen LogP contribution in [0.1, 0.15) is 57.2 Å². The lowest BCUT2D eigenvalue weighted by Gasteiger charge is -2.19. The van der Waals surface area contributed by atoms with Crippen LogP contribution in [0.25, 0.3) is 0 Å². The predicted molar refractivity (Wildman–Crippen MR) is 80.4 cm³/mol. The molecular formula is C15H25N5. The summed E-state index contributed by atoms with van der Waals surface area (Å²) >= 11 is 0. The Kier molecular flexibility index (Phi) is 4.28. The molecule has 0 spiro atoms. The van der Waals surface area contributed by atoms with Crippen LogP contribution in [0.15, 0.2) is 18.6 Å². The van der Waals surface area contributed by atoms with Crippen molar-refractivity contribution < 1.29 is 0 Å². The van der Waals surface area contributed by atoms with E-state index in [1.54, 1.807) is 6.20 Å². The highest BCUT2D eigenvalue weighted by molar-refractivity contribution is 5.24. The number of nitrogens with zero attached hydrogens (tertiary/aromatic N) is 3. The SMILES string of the molecule is CCC(NCc1cn(C)nc1C(C)(C)C)c1ncc[nH]1. The first-order valence-electron chi connectivity index (χ1n) is 7.17. The highest BCUT2D eigenvalue weighted by Gasteiger charge is 2.22. The zero-order chi connectivity index (χ0) is 14.8. The van der Waals surface area contributed by atoms with Crippen LogP contribution >= 0.6 is 0 Å². The third kappa shape index (κ3) is 3.28. The Morgan fingerprint density at radius 3 is 2.70 bits per heavy atom. The molecule has 0 bridgehead atoms. The molecule has 0 aliphatic heterocycles. The van der Waals surface area contributed by atoms with Gasteiger partial charge in [-0.15, -0.1) is 0 Å². The van der Waals surface area contributed by atoms with Gasteiger partial charge in [0.05, 0.1) is 11.7 Å². The molecule has 2 rings (SSSR count). The first-order chi connectivity index (χ1) is 9.41. The highest BCUT2D eigenvalue weighted by atomic mass is 15.3. The summed E-state index contributed by atoms with van der Waals surface area (Å²) in [7, 11) is 1.97. The van der Waals surface area contributed by atoms with Gasteiger partial charge >= 0.3 is 0 Å². The maximum Gasteiger partial charge on any atom is 0.123 e. The number of aromatic amines is 1.